The van der Waals surface area contributed by atoms with Gasteiger partial charge in [0.15, 0.2) is 5.16 Å². The molecule has 0 radical (unpaired) electrons. The summed E-state index contributed by atoms with van der Waals surface area (Å²) in [5.74, 6) is 1.74. The molecule has 0 saturated heterocycles. The number of ether oxygens (including phenoxy) is 1. The summed E-state index contributed by atoms with van der Waals surface area (Å²) in [5, 5.41) is 10.2. The highest BCUT2D eigenvalue weighted by Gasteiger charge is 2.08. The number of pyridine rings is 1. The Bertz CT molecular complexity index is 1160. The van der Waals surface area contributed by atoms with Gasteiger partial charge in [-0.05, 0) is 60.9 Å². The van der Waals surface area contributed by atoms with Crippen molar-refractivity contribution in [3.05, 3.63) is 89.4 Å². The number of H-pyrrole nitrogens is 1. The number of aryl methyl sites for hydroxylation is 2. The van der Waals surface area contributed by atoms with E-state index >= 15 is 0 Å². The molecule has 4 aromatic rings. The van der Waals surface area contributed by atoms with E-state index in [1.807, 2.05) is 37.3 Å². The van der Waals surface area contributed by atoms with Crippen LogP contribution in [0, 0.1) is 13.8 Å². The summed E-state index contributed by atoms with van der Waals surface area (Å²) < 4.78 is 5.79. The van der Waals surface area contributed by atoms with Crippen molar-refractivity contribution < 1.29 is 9.53 Å². The fraction of sp³-hybridized carbons (Fsp3) is 0.130. The van der Waals surface area contributed by atoms with Gasteiger partial charge in [0.05, 0.1) is 11.9 Å². The third-order valence-electron chi connectivity index (χ3n) is 4.68. The molecule has 7 nitrogen and oxygen atoms in total. The monoisotopic (exact) mass is 431 g/mol. The molecule has 31 heavy (non-hydrogen) atoms. The quantitative estimate of drug-likeness (QED) is 0.393. The largest absolute Gasteiger partial charge is 0.439 e. The molecule has 0 atom stereocenters. The standard InChI is InChI=1S/C23H21N5O2S/c1-15-3-9-20(11-16(15)2)30-21-10-8-19(12-24-21)27-22(29)18-6-4-17(5-7-18)13-31-23-25-14-26-28-23/h3-12,14H,13H2,1-2H3,(H,27,29)(H,25,26,28). The Labute approximate surface area is 184 Å². The number of aromatic nitrogens is 4. The van der Waals surface area contributed by atoms with Gasteiger partial charge in [0, 0.05) is 17.4 Å². The molecule has 2 aromatic heterocycles. The molecule has 8 heteroatoms. The first kappa shape index (κ1) is 20.6. The number of thioether (sulfide) groups is 1. The van der Waals surface area contributed by atoms with Gasteiger partial charge in [0.1, 0.15) is 12.1 Å². The zero-order valence-corrected chi connectivity index (χ0v) is 17.9. The fourth-order valence-corrected chi connectivity index (χ4v) is 3.52. The van der Waals surface area contributed by atoms with Crippen LogP contribution in [-0.4, -0.2) is 26.1 Å². The number of nitrogens with one attached hydrogen (secondary N) is 2. The Hall–Kier alpha value is -3.65. The first-order valence-electron chi connectivity index (χ1n) is 9.66. The van der Waals surface area contributed by atoms with Gasteiger partial charge in [-0.1, -0.05) is 30.0 Å². The van der Waals surface area contributed by atoms with E-state index in [2.05, 4.69) is 32.4 Å². The molecule has 0 aliphatic rings. The molecule has 0 fully saturated rings. The molecule has 0 saturated carbocycles. The normalized spacial score (nSPS) is 10.6. The second-order valence-electron chi connectivity index (χ2n) is 6.96. The number of benzene rings is 2. The van der Waals surface area contributed by atoms with Crippen LogP contribution in [0.25, 0.3) is 0 Å². The van der Waals surface area contributed by atoms with Gasteiger partial charge in [-0.2, -0.15) is 5.10 Å². The number of amides is 1. The Morgan fingerprint density at radius 1 is 1.03 bits per heavy atom. The SMILES string of the molecule is Cc1ccc(Oc2ccc(NC(=O)c3ccc(CSc4ncn[nH]4)cc3)cn2)cc1C. The van der Waals surface area contributed by atoms with E-state index in [-0.39, 0.29) is 5.91 Å². The molecule has 2 heterocycles. The molecule has 156 valence electrons. The van der Waals surface area contributed by atoms with Gasteiger partial charge in [-0.3, -0.25) is 9.89 Å². The van der Waals surface area contributed by atoms with Crippen LogP contribution in [0.3, 0.4) is 0 Å². The van der Waals surface area contributed by atoms with E-state index in [4.69, 9.17) is 4.74 Å². The van der Waals surface area contributed by atoms with Gasteiger partial charge in [0.2, 0.25) is 5.88 Å². The minimum atomic E-state index is -0.195. The third-order valence-corrected chi connectivity index (χ3v) is 5.63. The molecule has 2 aromatic carbocycles. The van der Waals surface area contributed by atoms with Crippen LogP contribution in [0.1, 0.15) is 27.0 Å². The predicted octanol–water partition coefficient (Wildman–Crippen LogP) is 5.15. The first-order valence-corrected chi connectivity index (χ1v) is 10.6. The fourth-order valence-electron chi connectivity index (χ4n) is 2.78. The van der Waals surface area contributed by atoms with Crippen molar-refractivity contribution in [3.63, 3.8) is 0 Å². The number of aromatic amines is 1. The van der Waals surface area contributed by atoms with Gasteiger partial charge >= 0.3 is 0 Å². The minimum absolute atomic E-state index is 0.195. The number of hydrogen-bond donors (Lipinski definition) is 2. The molecule has 1 amide bonds. The number of rotatable bonds is 7. The summed E-state index contributed by atoms with van der Waals surface area (Å²) in [4.78, 5) is 20.9. The van der Waals surface area contributed by atoms with Crippen LogP contribution in [0.5, 0.6) is 11.6 Å². The second kappa shape index (κ2) is 9.44. The van der Waals surface area contributed by atoms with Crippen LogP contribution in [0.2, 0.25) is 0 Å². The molecule has 4 rings (SSSR count). The molecular weight excluding hydrogens is 410 g/mol. The number of carbonyl (C=O) groups is 1. The van der Waals surface area contributed by atoms with E-state index in [1.54, 1.807) is 42.2 Å². The average Bonchev–Trinajstić information content (AvgIpc) is 3.30. The summed E-state index contributed by atoms with van der Waals surface area (Å²) in [6.45, 7) is 4.09. The number of anilines is 1. The minimum Gasteiger partial charge on any atom is -0.439 e. The first-order chi connectivity index (χ1) is 15.1. The van der Waals surface area contributed by atoms with Crippen LogP contribution in [0.4, 0.5) is 5.69 Å². The summed E-state index contributed by atoms with van der Waals surface area (Å²) in [6.07, 6.45) is 3.06. The highest BCUT2D eigenvalue weighted by atomic mass is 32.2. The van der Waals surface area contributed by atoms with Crippen LogP contribution < -0.4 is 10.1 Å². The van der Waals surface area contributed by atoms with E-state index < -0.39 is 0 Å². The average molecular weight is 432 g/mol. The topological polar surface area (TPSA) is 92.8 Å². The summed E-state index contributed by atoms with van der Waals surface area (Å²) in [5.41, 5.74) is 4.63. The lowest BCUT2D eigenvalue weighted by Gasteiger charge is -2.09. The van der Waals surface area contributed by atoms with Crippen molar-refractivity contribution in [1.29, 1.82) is 0 Å². The van der Waals surface area contributed by atoms with Crippen LogP contribution in [0.15, 0.2) is 72.3 Å². The predicted molar refractivity (Wildman–Crippen MR) is 121 cm³/mol. The highest BCUT2D eigenvalue weighted by molar-refractivity contribution is 7.98. The molecule has 2 N–H and O–H groups in total. The Morgan fingerprint density at radius 2 is 1.87 bits per heavy atom. The summed E-state index contributed by atoms with van der Waals surface area (Å²) in [7, 11) is 0. The molecular formula is C23H21N5O2S. The van der Waals surface area contributed by atoms with E-state index in [0.29, 0.717) is 17.1 Å². The van der Waals surface area contributed by atoms with Gasteiger partial charge < -0.3 is 10.1 Å². The number of nitrogens with zero attached hydrogens (tertiary/aromatic N) is 3. The number of hydrogen-bond acceptors (Lipinski definition) is 6. The van der Waals surface area contributed by atoms with E-state index in [9.17, 15) is 4.79 Å². The molecule has 0 bridgehead atoms. The third kappa shape index (κ3) is 5.49. The summed E-state index contributed by atoms with van der Waals surface area (Å²) in [6, 6.07) is 16.9. The smallest absolute Gasteiger partial charge is 0.255 e. The highest BCUT2D eigenvalue weighted by Crippen LogP contribution is 2.23. The van der Waals surface area contributed by atoms with Crippen molar-refractivity contribution in [3.8, 4) is 11.6 Å². The maximum atomic E-state index is 12.5. The zero-order chi connectivity index (χ0) is 21.6. The molecule has 0 unspecified atom stereocenters. The summed E-state index contributed by atoms with van der Waals surface area (Å²) >= 11 is 1.55. The van der Waals surface area contributed by atoms with Crippen molar-refractivity contribution >= 4 is 23.4 Å². The Kier molecular flexibility index (Phi) is 6.28. The van der Waals surface area contributed by atoms with Crippen LogP contribution in [-0.2, 0) is 5.75 Å². The van der Waals surface area contributed by atoms with Crippen molar-refractivity contribution in [2.24, 2.45) is 0 Å². The number of carbonyl (C=O) groups excluding carboxylic acids is 1. The molecule has 0 aliphatic heterocycles. The lowest BCUT2D eigenvalue weighted by molar-refractivity contribution is 0.102. The van der Waals surface area contributed by atoms with Crippen molar-refractivity contribution in [1.82, 2.24) is 20.2 Å². The molecule has 0 spiro atoms. The van der Waals surface area contributed by atoms with E-state index in [1.165, 1.54) is 11.9 Å². The zero-order valence-electron chi connectivity index (χ0n) is 17.1. The van der Waals surface area contributed by atoms with Gasteiger partial charge in [0.25, 0.3) is 5.91 Å². The van der Waals surface area contributed by atoms with Gasteiger partial charge in [-0.15, -0.1) is 0 Å². The Morgan fingerprint density at radius 3 is 2.55 bits per heavy atom. The van der Waals surface area contributed by atoms with Crippen molar-refractivity contribution in [2.75, 3.05) is 5.32 Å². The second-order valence-corrected chi connectivity index (χ2v) is 7.93. The van der Waals surface area contributed by atoms with Crippen molar-refractivity contribution in [2.45, 2.75) is 24.8 Å². The van der Waals surface area contributed by atoms with Gasteiger partial charge in [-0.25, -0.2) is 9.97 Å². The maximum absolute atomic E-state index is 12.5. The maximum Gasteiger partial charge on any atom is 0.255 e. The lowest BCUT2D eigenvalue weighted by atomic mass is 10.1. The lowest BCUT2D eigenvalue weighted by Crippen LogP contribution is -2.12. The van der Waals surface area contributed by atoms with E-state index in [0.717, 1.165) is 27.8 Å². The van der Waals surface area contributed by atoms with Crippen LogP contribution >= 0.6 is 11.8 Å². The Balaban J connectivity index is 1.33. The molecule has 0 aliphatic carbocycles.